The van der Waals surface area contributed by atoms with Crippen LogP contribution in [0.15, 0.2) is 34.9 Å². The topological polar surface area (TPSA) is 46.3 Å². The van der Waals surface area contributed by atoms with E-state index < -0.39 is 0 Å². The van der Waals surface area contributed by atoms with Crippen LogP contribution in [0.25, 0.3) is 11.5 Å². The highest BCUT2D eigenvalue weighted by atomic mass is 16.3. The lowest BCUT2D eigenvalue weighted by Crippen LogP contribution is -2.39. The molecule has 3 rings (SSSR count). The van der Waals surface area contributed by atoms with E-state index in [1.54, 1.807) is 6.26 Å². The fourth-order valence-electron chi connectivity index (χ4n) is 2.78. The second-order valence-electron chi connectivity index (χ2n) is 5.68. The maximum absolute atomic E-state index is 11.1. The van der Waals surface area contributed by atoms with Crippen LogP contribution in [0.4, 0.5) is 0 Å². The molecule has 1 aromatic carbocycles. The normalized spacial score (nSPS) is 19.6. The molecule has 0 radical (unpaired) electrons. The van der Waals surface area contributed by atoms with E-state index in [2.05, 4.69) is 16.8 Å². The van der Waals surface area contributed by atoms with Crippen LogP contribution in [-0.4, -0.2) is 28.8 Å². The van der Waals surface area contributed by atoms with Crippen LogP contribution in [0.3, 0.4) is 0 Å². The summed E-state index contributed by atoms with van der Waals surface area (Å²) >= 11 is 0. The van der Waals surface area contributed by atoms with Gasteiger partial charge < -0.3 is 9.21 Å². The Morgan fingerprint density at radius 1 is 1.33 bits per heavy atom. The first-order valence-electron chi connectivity index (χ1n) is 7.47. The van der Waals surface area contributed by atoms with Gasteiger partial charge in [0, 0.05) is 12.1 Å². The first-order valence-corrected chi connectivity index (χ1v) is 7.47. The first-order chi connectivity index (χ1) is 10.3. The molecule has 1 atom stereocenters. The molecule has 0 spiro atoms. The Kier molecular flexibility index (Phi) is 4.15. The minimum Gasteiger partial charge on any atom is -0.444 e. The molecule has 0 amide bonds. The third-order valence-electron chi connectivity index (χ3n) is 4.04. The summed E-state index contributed by atoms with van der Waals surface area (Å²) in [4.78, 5) is 17.9. The first kappa shape index (κ1) is 14.0. The molecule has 0 aliphatic carbocycles. The Labute approximate surface area is 124 Å². The molecular weight excluding hydrogens is 264 g/mol. The Bertz CT molecular complexity index is 604. The molecule has 2 heterocycles. The number of aldehydes is 1. The zero-order valence-electron chi connectivity index (χ0n) is 12.3. The van der Waals surface area contributed by atoms with E-state index in [1.807, 2.05) is 24.3 Å². The van der Waals surface area contributed by atoms with Gasteiger partial charge in [-0.25, -0.2) is 4.98 Å². The van der Waals surface area contributed by atoms with Crippen LogP contribution in [-0.2, 0) is 11.3 Å². The Hall–Kier alpha value is -1.94. The maximum Gasteiger partial charge on any atom is 0.226 e. The zero-order valence-corrected chi connectivity index (χ0v) is 12.3. The van der Waals surface area contributed by atoms with Crippen molar-refractivity contribution in [1.82, 2.24) is 9.88 Å². The van der Waals surface area contributed by atoms with Gasteiger partial charge in [0.1, 0.15) is 12.5 Å². The predicted molar refractivity (Wildman–Crippen MR) is 80.8 cm³/mol. The van der Waals surface area contributed by atoms with Crippen LogP contribution in [0, 0.1) is 6.92 Å². The SMILES string of the molecule is Cc1ccc(-c2nc(CN3CCCCC3C=O)co2)cc1. The standard InChI is InChI=1S/C17H20N2O2/c1-13-5-7-14(8-6-13)17-18-15(12-21-17)10-19-9-3-2-4-16(19)11-20/h5-8,11-12,16H,2-4,9-10H2,1H3. The Morgan fingerprint density at radius 2 is 2.14 bits per heavy atom. The van der Waals surface area contributed by atoms with E-state index in [0.717, 1.165) is 43.4 Å². The summed E-state index contributed by atoms with van der Waals surface area (Å²) in [5, 5.41) is 0. The molecule has 21 heavy (non-hydrogen) atoms. The summed E-state index contributed by atoms with van der Waals surface area (Å²) in [6.45, 7) is 3.69. The van der Waals surface area contributed by atoms with Gasteiger partial charge in [-0.3, -0.25) is 4.90 Å². The molecule has 1 aromatic heterocycles. The number of carbonyl (C=O) groups excluding carboxylic acids is 1. The fourth-order valence-corrected chi connectivity index (χ4v) is 2.78. The minimum absolute atomic E-state index is 0.0262. The van der Waals surface area contributed by atoms with Crippen molar-refractivity contribution in [2.75, 3.05) is 6.54 Å². The Balaban J connectivity index is 1.72. The number of aromatic nitrogens is 1. The highest BCUT2D eigenvalue weighted by Crippen LogP contribution is 2.22. The number of hydrogen-bond acceptors (Lipinski definition) is 4. The summed E-state index contributed by atoms with van der Waals surface area (Å²) in [6, 6.07) is 8.15. The van der Waals surface area contributed by atoms with Crippen LogP contribution in [0.1, 0.15) is 30.5 Å². The average molecular weight is 284 g/mol. The number of piperidine rings is 1. The van der Waals surface area contributed by atoms with Gasteiger partial charge in [0.2, 0.25) is 5.89 Å². The van der Waals surface area contributed by atoms with E-state index in [0.29, 0.717) is 12.4 Å². The van der Waals surface area contributed by atoms with Crippen molar-refractivity contribution in [3.8, 4) is 11.5 Å². The van der Waals surface area contributed by atoms with Crippen LogP contribution in [0.2, 0.25) is 0 Å². The molecule has 0 N–H and O–H groups in total. The number of aryl methyl sites for hydroxylation is 1. The summed E-state index contributed by atoms with van der Waals surface area (Å²) in [5.41, 5.74) is 3.09. The number of rotatable bonds is 4. The van der Waals surface area contributed by atoms with Crippen LogP contribution < -0.4 is 0 Å². The van der Waals surface area contributed by atoms with Crippen molar-refractivity contribution >= 4 is 6.29 Å². The van der Waals surface area contributed by atoms with Crippen molar-refractivity contribution in [1.29, 1.82) is 0 Å². The third-order valence-corrected chi connectivity index (χ3v) is 4.04. The minimum atomic E-state index is 0.0262. The molecule has 1 aliphatic rings. The van der Waals surface area contributed by atoms with E-state index >= 15 is 0 Å². The Morgan fingerprint density at radius 3 is 2.90 bits per heavy atom. The van der Waals surface area contributed by atoms with Gasteiger partial charge in [0.05, 0.1) is 11.7 Å². The van der Waals surface area contributed by atoms with Gasteiger partial charge >= 0.3 is 0 Å². The second kappa shape index (κ2) is 6.22. The van der Waals surface area contributed by atoms with Crippen molar-refractivity contribution in [3.63, 3.8) is 0 Å². The maximum atomic E-state index is 11.1. The third kappa shape index (κ3) is 3.22. The molecular formula is C17H20N2O2. The molecule has 4 nitrogen and oxygen atoms in total. The van der Waals surface area contributed by atoms with E-state index in [4.69, 9.17) is 4.42 Å². The quantitative estimate of drug-likeness (QED) is 0.809. The molecule has 0 bridgehead atoms. The number of benzene rings is 1. The molecule has 110 valence electrons. The fraction of sp³-hybridized carbons (Fsp3) is 0.412. The van der Waals surface area contributed by atoms with Crippen molar-refractivity contribution in [2.45, 2.75) is 38.8 Å². The zero-order chi connectivity index (χ0) is 14.7. The van der Waals surface area contributed by atoms with Gasteiger partial charge in [-0.1, -0.05) is 24.1 Å². The summed E-state index contributed by atoms with van der Waals surface area (Å²) in [6.07, 6.45) is 5.98. The molecule has 1 fully saturated rings. The largest absolute Gasteiger partial charge is 0.444 e. The molecule has 4 heteroatoms. The number of hydrogen-bond donors (Lipinski definition) is 0. The molecule has 1 unspecified atom stereocenters. The number of oxazole rings is 1. The monoisotopic (exact) mass is 284 g/mol. The lowest BCUT2D eigenvalue weighted by molar-refractivity contribution is -0.113. The van der Waals surface area contributed by atoms with Crippen molar-refractivity contribution in [3.05, 3.63) is 41.8 Å². The number of carbonyl (C=O) groups is 1. The van der Waals surface area contributed by atoms with Gasteiger partial charge in [-0.15, -0.1) is 0 Å². The molecule has 0 saturated carbocycles. The summed E-state index contributed by atoms with van der Waals surface area (Å²) in [7, 11) is 0. The smallest absolute Gasteiger partial charge is 0.226 e. The summed E-state index contributed by atoms with van der Waals surface area (Å²) < 4.78 is 5.57. The van der Waals surface area contributed by atoms with E-state index in [9.17, 15) is 4.79 Å². The van der Waals surface area contributed by atoms with Crippen LogP contribution in [0.5, 0.6) is 0 Å². The molecule has 1 saturated heterocycles. The highest BCUT2D eigenvalue weighted by molar-refractivity contribution is 5.57. The molecule has 2 aromatic rings. The number of nitrogens with zero attached hydrogens (tertiary/aromatic N) is 2. The lowest BCUT2D eigenvalue weighted by atomic mass is 10.0. The summed E-state index contributed by atoms with van der Waals surface area (Å²) in [5.74, 6) is 0.643. The van der Waals surface area contributed by atoms with E-state index in [-0.39, 0.29) is 6.04 Å². The van der Waals surface area contributed by atoms with Gasteiger partial charge in [0.25, 0.3) is 0 Å². The molecule has 1 aliphatic heterocycles. The van der Waals surface area contributed by atoms with Crippen molar-refractivity contribution in [2.24, 2.45) is 0 Å². The lowest BCUT2D eigenvalue weighted by Gasteiger charge is -2.31. The van der Waals surface area contributed by atoms with E-state index in [1.165, 1.54) is 5.56 Å². The van der Waals surface area contributed by atoms with Crippen molar-refractivity contribution < 1.29 is 9.21 Å². The van der Waals surface area contributed by atoms with Gasteiger partial charge in [0.15, 0.2) is 0 Å². The average Bonchev–Trinajstić information content (AvgIpc) is 2.97. The predicted octanol–water partition coefficient (Wildman–Crippen LogP) is 3.20. The highest BCUT2D eigenvalue weighted by Gasteiger charge is 2.22. The van der Waals surface area contributed by atoms with Gasteiger partial charge in [-0.2, -0.15) is 0 Å². The van der Waals surface area contributed by atoms with Crippen LogP contribution >= 0.6 is 0 Å². The second-order valence-corrected chi connectivity index (χ2v) is 5.68. The number of likely N-dealkylation sites (tertiary alicyclic amines) is 1. The van der Waals surface area contributed by atoms with Gasteiger partial charge in [-0.05, 0) is 38.4 Å².